The fourth-order valence-corrected chi connectivity index (χ4v) is 2.87. The summed E-state index contributed by atoms with van der Waals surface area (Å²) in [6.07, 6.45) is 5.78. The Balaban J connectivity index is 0.00000352. The minimum atomic E-state index is -1.73. The van der Waals surface area contributed by atoms with Crippen LogP contribution < -0.4 is 14.9 Å². The summed E-state index contributed by atoms with van der Waals surface area (Å²) in [6, 6.07) is 3.68. The van der Waals surface area contributed by atoms with Crippen molar-refractivity contribution in [2.45, 2.75) is 72.1 Å². The lowest BCUT2D eigenvalue weighted by Crippen LogP contribution is -2.34. The molecule has 0 bridgehead atoms. The monoisotopic (exact) mass is 398 g/mol. The fourth-order valence-electron chi connectivity index (χ4n) is 2.87. The van der Waals surface area contributed by atoms with Crippen molar-refractivity contribution in [3.63, 3.8) is 0 Å². The molecule has 2 N–H and O–H groups in total. The highest BCUT2D eigenvalue weighted by atomic mass is 16.7. The lowest BCUT2D eigenvalue weighted by Gasteiger charge is -2.28. The van der Waals surface area contributed by atoms with Crippen LogP contribution in [0.2, 0.25) is 0 Å². The van der Waals surface area contributed by atoms with E-state index in [-0.39, 0.29) is 24.5 Å². The molecule has 0 unspecified atom stereocenters. The van der Waals surface area contributed by atoms with Gasteiger partial charge in [-0.25, -0.2) is 0 Å². The van der Waals surface area contributed by atoms with Gasteiger partial charge in [0.1, 0.15) is 11.5 Å². The Kier molecular flexibility index (Phi) is 14.0. The van der Waals surface area contributed by atoms with Gasteiger partial charge in [0.2, 0.25) is 0 Å². The molecule has 0 aromatic heterocycles. The van der Waals surface area contributed by atoms with Gasteiger partial charge in [-0.05, 0) is 29.5 Å². The van der Waals surface area contributed by atoms with Gasteiger partial charge in [-0.15, -0.1) is 0 Å². The Morgan fingerprint density at radius 2 is 1.39 bits per heavy atom. The highest BCUT2D eigenvalue weighted by Crippen LogP contribution is 2.34. The van der Waals surface area contributed by atoms with Crippen LogP contribution in [0.4, 0.5) is 0 Å². The first-order chi connectivity index (χ1) is 13.4. The van der Waals surface area contributed by atoms with Crippen molar-refractivity contribution in [1.82, 2.24) is 0 Å². The Morgan fingerprint density at radius 3 is 1.79 bits per heavy atom. The zero-order valence-corrected chi connectivity index (χ0v) is 18.7. The third-order valence-electron chi connectivity index (χ3n) is 4.46. The highest BCUT2D eigenvalue weighted by Gasteiger charge is 2.29. The predicted molar refractivity (Wildman–Crippen MR) is 114 cm³/mol. The summed E-state index contributed by atoms with van der Waals surface area (Å²) in [5.74, 6) is 0.680. The molecular weight excluding hydrogens is 359 g/mol. The van der Waals surface area contributed by atoms with Gasteiger partial charge in [-0.1, -0.05) is 60.3 Å². The van der Waals surface area contributed by atoms with Crippen LogP contribution in [-0.2, 0) is 14.9 Å². The van der Waals surface area contributed by atoms with Gasteiger partial charge in [-0.3, -0.25) is 0 Å². The van der Waals surface area contributed by atoms with Gasteiger partial charge in [0.15, 0.2) is 13.6 Å². The van der Waals surface area contributed by atoms with E-state index >= 15 is 0 Å². The Hall–Kier alpha value is -1.28. The van der Waals surface area contributed by atoms with Gasteiger partial charge >= 0.3 is 7.12 Å². The SMILES string of the molecule is CC.CCCCCCC(C)(C)c1cc(OCOC)c(B(O)O)c(OCOC)c1. The van der Waals surface area contributed by atoms with E-state index in [1.807, 2.05) is 26.0 Å². The summed E-state index contributed by atoms with van der Waals surface area (Å²) in [5.41, 5.74) is 1.07. The average Bonchev–Trinajstić information content (AvgIpc) is 2.68. The molecule has 0 aliphatic rings. The Bertz CT molecular complexity index is 505. The number of unbranched alkanes of at least 4 members (excludes halogenated alkanes) is 3. The number of benzene rings is 1. The summed E-state index contributed by atoms with van der Waals surface area (Å²) in [4.78, 5) is 0. The van der Waals surface area contributed by atoms with E-state index in [4.69, 9.17) is 18.9 Å². The number of methoxy groups -OCH3 is 2. The van der Waals surface area contributed by atoms with Crippen LogP contribution in [0.1, 0.15) is 72.3 Å². The molecule has 0 saturated heterocycles. The largest absolute Gasteiger partial charge is 0.496 e. The number of hydrogen-bond acceptors (Lipinski definition) is 6. The molecule has 1 aromatic rings. The molecule has 7 heteroatoms. The zero-order chi connectivity index (χ0) is 21.6. The summed E-state index contributed by atoms with van der Waals surface area (Å²) in [5, 5.41) is 19.6. The molecule has 1 aromatic carbocycles. The predicted octanol–water partition coefficient (Wildman–Crippen LogP) is 3.61. The van der Waals surface area contributed by atoms with Crippen molar-refractivity contribution in [1.29, 1.82) is 0 Å². The Labute approximate surface area is 171 Å². The van der Waals surface area contributed by atoms with E-state index in [1.165, 1.54) is 33.5 Å². The maximum Gasteiger partial charge on any atom is 0.496 e. The molecule has 28 heavy (non-hydrogen) atoms. The van der Waals surface area contributed by atoms with Crippen LogP contribution >= 0.6 is 0 Å². The van der Waals surface area contributed by atoms with E-state index < -0.39 is 7.12 Å². The lowest BCUT2D eigenvalue weighted by atomic mass is 9.74. The standard InChI is InChI=1S/C19H33BO6.C2H6/c1-6-7-8-9-10-19(2,3)15-11-16(25-13-23-4)18(20(21)22)17(12-15)26-14-24-5;1-2/h11-12,21-22H,6-10,13-14H2,1-5H3;1-2H3. The summed E-state index contributed by atoms with van der Waals surface area (Å²) >= 11 is 0. The van der Waals surface area contributed by atoms with Crippen molar-refractivity contribution in [2.24, 2.45) is 0 Å². The quantitative estimate of drug-likeness (QED) is 0.300. The second-order valence-electron chi connectivity index (χ2n) is 7.06. The van der Waals surface area contributed by atoms with Gasteiger partial charge in [0.25, 0.3) is 0 Å². The maximum absolute atomic E-state index is 9.79. The van der Waals surface area contributed by atoms with Crippen LogP contribution in [-0.4, -0.2) is 45.0 Å². The van der Waals surface area contributed by atoms with Crippen molar-refractivity contribution in [2.75, 3.05) is 27.8 Å². The average molecular weight is 398 g/mol. The van der Waals surface area contributed by atoms with E-state index in [1.54, 1.807) is 0 Å². The molecule has 0 fully saturated rings. The van der Waals surface area contributed by atoms with Crippen LogP contribution in [0.25, 0.3) is 0 Å². The Morgan fingerprint density at radius 1 is 0.893 bits per heavy atom. The van der Waals surface area contributed by atoms with E-state index in [0.717, 1.165) is 18.4 Å². The molecule has 162 valence electrons. The van der Waals surface area contributed by atoms with Crippen LogP contribution in [0.15, 0.2) is 12.1 Å². The first-order valence-electron chi connectivity index (χ1n) is 10.1. The fraction of sp³-hybridized carbons (Fsp3) is 0.714. The topological polar surface area (TPSA) is 77.4 Å². The van der Waals surface area contributed by atoms with Gasteiger partial charge in [0, 0.05) is 14.2 Å². The van der Waals surface area contributed by atoms with Crippen molar-refractivity contribution in [3.05, 3.63) is 17.7 Å². The molecule has 0 saturated carbocycles. The van der Waals surface area contributed by atoms with Gasteiger partial charge in [-0.2, -0.15) is 0 Å². The number of hydrogen-bond donors (Lipinski definition) is 2. The third-order valence-corrected chi connectivity index (χ3v) is 4.46. The molecule has 0 aliphatic heterocycles. The second kappa shape index (κ2) is 14.7. The van der Waals surface area contributed by atoms with Gasteiger partial charge < -0.3 is 29.0 Å². The molecule has 0 heterocycles. The van der Waals surface area contributed by atoms with E-state index in [9.17, 15) is 10.0 Å². The molecule has 0 atom stereocenters. The van der Waals surface area contributed by atoms with Gasteiger partial charge in [0.05, 0.1) is 5.46 Å². The molecule has 0 spiro atoms. The smallest absolute Gasteiger partial charge is 0.468 e. The minimum Gasteiger partial charge on any atom is -0.468 e. The molecule has 0 radical (unpaired) electrons. The molecule has 6 nitrogen and oxygen atoms in total. The van der Waals surface area contributed by atoms with E-state index in [2.05, 4.69) is 20.8 Å². The van der Waals surface area contributed by atoms with Crippen molar-refractivity contribution < 1.29 is 29.0 Å². The first-order valence-corrected chi connectivity index (χ1v) is 10.1. The van der Waals surface area contributed by atoms with Crippen LogP contribution in [0.5, 0.6) is 11.5 Å². The van der Waals surface area contributed by atoms with Crippen molar-refractivity contribution >= 4 is 12.6 Å². The first kappa shape index (κ1) is 26.7. The number of ether oxygens (including phenoxy) is 4. The summed E-state index contributed by atoms with van der Waals surface area (Å²) in [6.45, 7) is 10.5. The molecular formula is C21H39BO6. The highest BCUT2D eigenvalue weighted by molar-refractivity contribution is 6.61. The molecule has 0 aliphatic carbocycles. The zero-order valence-electron chi connectivity index (χ0n) is 18.7. The van der Waals surface area contributed by atoms with Crippen LogP contribution in [0, 0.1) is 0 Å². The number of rotatable bonds is 13. The molecule has 1 rings (SSSR count). The second-order valence-corrected chi connectivity index (χ2v) is 7.06. The summed E-state index contributed by atoms with van der Waals surface area (Å²) < 4.78 is 21.1. The van der Waals surface area contributed by atoms with Crippen molar-refractivity contribution in [3.8, 4) is 11.5 Å². The minimum absolute atomic E-state index is 0.00379. The normalized spacial score (nSPS) is 10.9. The van der Waals surface area contributed by atoms with Crippen LogP contribution in [0.3, 0.4) is 0 Å². The lowest BCUT2D eigenvalue weighted by molar-refractivity contribution is 0.0470. The summed E-state index contributed by atoms with van der Waals surface area (Å²) in [7, 11) is 1.30. The third kappa shape index (κ3) is 8.82. The maximum atomic E-state index is 9.79. The molecule has 0 amide bonds. The van der Waals surface area contributed by atoms with E-state index in [0.29, 0.717) is 11.5 Å².